The fourth-order valence-electron chi connectivity index (χ4n) is 4.64. The van der Waals surface area contributed by atoms with Crippen molar-refractivity contribution < 1.29 is 14.0 Å². The van der Waals surface area contributed by atoms with Crippen LogP contribution in [0.3, 0.4) is 0 Å². The molecule has 0 atom stereocenters. The van der Waals surface area contributed by atoms with Gasteiger partial charge in [-0.25, -0.2) is 4.98 Å². The van der Waals surface area contributed by atoms with Gasteiger partial charge in [0, 0.05) is 22.2 Å². The Hall–Kier alpha value is -3.97. The monoisotopic (exact) mass is 540 g/mol. The highest BCUT2D eigenvalue weighted by Gasteiger charge is 2.34. The summed E-state index contributed by atoms with van der Waals surface area (Å²) in [5, 5.41) is 2.22. The van der Waals surface area contributed by atoms with Gasteiger partial charge < -0.3 is 4.42 Å². The molecule has 1 aliphatic carbocycles. The van der Waals surface area contributed by atoms with Gasteiger partial charge in [0.2, 0.25) is 0 Å². The number of carbonyl (C=O) groups is 2. The molecule has 0 saturated heterocycles. The molecule has 1 aliphatic rings. The van der Waals surface area contributed by atoms with E-state index in [4.69, 9.17) is 32.6 Å². The summed E-state index contributed by atoms with van der Waals surface area (Å²) < 4.78 is 8.87. The molecule has 3 aromatic carbocycles. The number of halogens is 2. The van der Waals surface area contributed by atoms with E-state index in [0.717, 1.165) is 26.4 Å². The summed E-state index contributed by atoms with van der Waals surface area (Å²) in [6.07, 6.45) is 1.62. The fraction of sp³-hybridized carbons (Fsp3) is 0. The van der Waals surface area contributed by atoms with Crippen LogP contribution in [-0.2, 0) is 0 Å². The Labute approximate surface area is 224 Å². The first-order valence-corrected chi connectivity index (χ1v) is 12.9. The maximum absolute atomic E-state index is 13.2. The van der Waals surface area contributed by atoms with E-state index in [1.165, 1.54) is 23.5 Å². The number of para-hydroxylation sites is 2. The molecule has 178 valence electrons. The maximum Gasteiger partial charge on any atom is 0.197 e. The Morgan fingerprint density at radius 3 is 2.22 bits per heavy atom. The second-order valence-corrected chi connectivity index (χ2v) is 10.5. The van der Waals surface area contributed by atoms with Gasteiger partial charge in [0.1, 0.15) is 5.58 Å². The number of Topliss-reactive ketones (excluding diaryl/α,β-unsaturated/α-hetero) is 2. The Kier molecular flexibility index (Phi) is 4.98. The van der Waals surface area contributed by atoms with Crippen molar-refractivity contribution in [1.29, 1.82) is 0 Å². The number of hydrogen-bond donors (Lipinski definition) is 0. The van der Waals surface area contributed by atoms with Crippen LogP contribution in [-0.4, -0.2) is 21.1 Å². The predicted molar refractivity (Wildman–Crippen MR) is 147 cm³/mol. The smallest absolute Gasteiger partial charge is 0.197 e. The lowest BCUT2D eigenvalue weighted by Crippen LogP contribution is -2.03. The van der Waals surface area contributed by atoms with E-state index in [1.807, 2.05) is 71.3 Å². The number of furan rings is 1. The third-order valence-corrected chi connectivity index (χ3v) is 8.09. The van der Waals surface area contributed by atoms with Crippen molar-refractivity contribution in [2.45, 2.75) is 0 Å². The van der Waals surface area contributed by atoms with Crippen LogP contribution in [0.5, 0.6) is 0 Å². The van der Waals surface area contributed by atoms with Gasteiger partial charge in [-0.15, -0.1) is 11.3 Å². The molecule has 0 unspecified atom stereocenters. The first-order chi connectivity index (χ1) is 18.0. The van der Waals surface area contributed by atoms with Gasteiger partial charge in [0.25, 0.3) is 0 Å². The van der Waals surface area contributed by atoms with E-state index in [-0.39, 0.29) is 38.3 Å². The van der Waals surface area contributed by atoms with Gasteiger partial charge in [-0.2, -0.15) is 0 Å². The third-order valence-electron chi connectivity index (χ3n) is 6.37. The quantitative estimate of drug-likeness (QED) is 0.167. The minimum absolute atomic E-state index is 0.0631. The second kappa shape index (κ2) is 8.28. The molecule has 7 rings (SSSR count). The average Bonchev–Trinajstić information content (AvgIpc) is 3.64. The van der Waals surface area contributed by atoms with Crippen molar-refractivity contribution in [2.75, 3.05) is 0 Å². The first kappa shape index (κ1) is 22.2. The van der Waals surface area contributed by atoms with Gasteiger partial charge in [0.15, 0.2) is 28.0 Å². The molecule has 0 amide bonds. The summed E-state index contributed by atoms with van der Waals surface area (Å²) in [5.41, 5.74) is 3.61. The van der Waals surface area contributed by atoms with E-state index in [9.17, 15) is 9.59 Å². The summed E-state index contributed by atoms with van der Waals surface area (Å²) >= 11 is 13.7. The first-order valence-electron chi connectivity index (χ1n) is 11.3. The number of benzene rings is 3. The molecule has 8 heteroatoms. The van der Waals surface area contributed by atoms with Crippen LogP contribution in [0.4, 0.5) is 0 Å². The summed E-state index contributed by atoms with van der Waals surface area (Å²) in [5.74, 6) is -0.0652. The normalized spacial score (nSPS) is 13.2. The summed E-state index contributed by atoms with van der Waals surface area (Å²) in [4.78, 5) is 31.3. The summed E-state index contributed by atoms with van der Waals surface area (Å²) in [6.45, 7) is 0. The molecule has 37 heavy (non-hydrogen) atoms. The molecule has 0 N–H and O–H groups in total. The number of ketones is 2. The number of rotatable bonds is 3. The number of thiazole rings is 1. The van der Waals surface area contributed by atoms with Gasteiger partial charge in [0.05, 0.1) is 26.0 Å². The van der Waals surface area contributed by atoms with E-state index >= 15 is 0 Å². The Morgan fingerprint density at radius 1 is 0.838 bits per heavy atom. The van der Waals surface area contributed by atoms with E-state index in [0.29, 0.717) is 17.1 Å². The number of fused-ring (bicyclic) bond motifs is 3. The molecule has 6 aromatic rings. The van der Waals surface area contributed by atoms with E-state index in [2.05, 4.69) is 0 Å². The highest BCUT2D eigenvalue weighted by Crippen LogP contribution is 2.38. The molecule has 3 heterocycles. The van der Waals surface area contributed by atoms with Crippen LogP contribution in [0.2, 0.25) is 10.0 Å². The number of carbonyl (C=O) groups excluding carboxylic acids is 2. The number of aromatic nitrogens is 2. The van der Waals surface area contributed by atoms with Gasteiger partial charge in [-0.1, -0.05) is 59.6 Å². The highest BCUT2D eigenvalue weighted by molar-refractivity contribution is 7.21. The fourth-order valence-corrected chi connectivity index (χ4v) is 5.92. The Bertz CT molecular complexity index is 1870. The zero-order valence-electron chi connectivity index (χ0n) is 18.9. The van der Waals surface area contributed by atoms with Gasteiger partial charge in [-0.05, 0) is 48.5 Å². The molecule has 0 spiro atoms. The van der Waals surface area contributed by atoms with Crippen molar-refractivity contribution in [1.82, 2.24) is 9.55 Å². The van der Waals surface area contributed by atoms with Crippen molar-refractivity contribution in [3.8, 4) is 16.5 Å². The lowest BCUT2D eigenvalue weighted by atomic mass is 10.1. The molecule has 0 radical (unpaired) electrons. The summed E-state index contributed by atoms with van der Waals surface area (Å²) in [7, 11) is 0. The van der Waals surface area contributed by atoms with Crippen LogP contribution in [0.1, 0.15) is 26.4 Å². The molecule has 0 saturated carbocycles. The van der Waals surface area contributed by atoms with Crippen molar-refractivity contribution >= 4 is 73.5 Å². The topological polar surface area (TPSA) is 65.1 Å². The molecule has 0 bridgehead atoms. The molecule has 3 aromatic heterocycles. The summed E-state index contributed by atoms with van der Waals surface area (Å²) in [6, 6.07) is 24.3. The number of hydrogen-bond acceptors (Lipinski definition) is 5. The van der Waals surface area contributed by atoms with Crippen LogP contribution in [0, 0.1) is 0 Å². The van der Waals surface area contributed by atoms with Crippen LogP contribution >= 0.6 is 34.5 Å². The minimum atomic E-state index is -0.376. The number of nitrogens with zero attached hydrogens (tertiary/aromatic N) is 2. The minimum Gasteiger partial charge on any atom is -0.454 e. The lowest BCUT2D eigenvalue weighted by molar-refractivity contribution is 0.0990. The average molecular weight is 541 g/mol. The van der Waals surface area contributed by atoms with Crippen molar-refractivity contribution in [3.05, 3.63) is 111 Å². The van der Waals surface area contributed by atoms with E-state index in [1.54, 1.807) is 6.08 Å². The molecular weight excluding hydrogens is 527 g/mol. The van der Waals surface area contributed by atoms with Crippen LogP contribution < -0.4 is 0 Å². The Balaban J connectivity index is 1.40. The van der Waals surface area contributed by atoms with Gasteiger partial charge >= 0.3 is 0 Å². The molecule has 0 aliphatic heterocycles. The zero-order valence-corrected chi connectivity index (χ0v) is 21.2. The zero-order chi connectivity index (χ0) is 25.3. The molecular formula is C29H14Cl2N2O3S. The SMILES string of the molecule is O=C1C(=Cc2cc3sc(-c4cc5ccccc5o4)nc3n2-c2ccccc2)C(=O)c2cc(Cl)c(Cl)cc21. The van der Waals surface area contributed by atoms with Crippen molar-refractivity contribution in [2.24, 2.45) is 0 Å². The molecule has 5 nitrogen and oxygen atoms in total. The van der Waals surface area contributed by atoms with Crippen LogP contribution in [0.15, 0.2) is 88.9 Å². The van der Waals surface area contributed by atoms with Crippen molar-refractivity contribution in [3.63, 3.8) is 0 Å². The Morgan fingerprint density at radius 2 is 1.51 bits per heavy atom. The largest absolute Gasteiger partial charge is 0.454 e. The predicted octanol–water partition coefficient (Wildman–Crippen LogP) is 8.27. The lowest BCUT2D eigenvalue weighted by Gasteiger charge is -2.07. The standard InChI is InChI=1S/C29H14Cl2N2O3S/c30-21-13-18-19(14-22(21)31)27(35)20(26(18)34)11-17-12-25-28(33(17)16-7-2-1-3-8-16)32-29(37-25)24-10-15-6-4-5-9-23(15)36-24/h1-14H. The van der Waals surface area contributed by atoms with Gasteiger partial charge in [-0.3, -0.25) is 14.2 Å². The number of allylic oxidation sites excluding steroid dienone is 1. The van der Waals surface area contributed by atoms with Crippen LogP contribution in [0.25, 0.3) is 43.8 Å². The molecule has 0 fully saturated rings. The van der Waals surface area contributed by atoms with E-state index < -0.39 is 0 Å². The highest BCUT2D eigenvalue weighted by atomic mass is 35.5. The third kappa shape index (κ3) is 3.49. The second-order valence-electron chi connectivity index (χ2n) is 8.62. The maximum atomic E-state index is 13.2.